The van der Waals surface area contributed by atoms with Gasteiger partial charge in [0.15, 0.2) is 0 Å². The number of anilines is 2. The number of methoxy groups -OCH3 is 1. The molecule has 0 saturated heterocycles. The first-order valence-electron chi connectivity index (χ1n) is 6.52. The largest absolute Gasteiger partial charge is 0.497 e. The first-order chi connectivity index (χ1) is 10.1. The zero-order valence-electron chi connectivity index (χ0n) is 11.9. The maximum Gasteiger partial charge on any atom is 0.243 e. The van der Waals surface area contributed by atoms with Crippen LogP contribution in [0.5, 0.6) is 5.75 Å². The Hall–Kier alpha value is -2.01. The van der Waals surface area contributed by atoms with E-state index in [1.165, 1.54) is 0 Å². The lowest BCUT2D eigenvalue weighted by atomic mass is 10.2. The smallest absolute Gasteiger partial charge is 0.243 e. The number of hydrogen-bond acceptors (Lipinski definition) is 3. The summed E-state index contributed by atoms with van der Waals surface area (Å²) in [5, 5.41) is 5.96. The molecule has 0 unspecified atom stereocenters. The zero-order valence-corrected chi connectivity index (χ0v) is 13.5. The van der Waals surface area contributed by atoms with Crippen molar-refractivity contribution in [2.24, 2.45) is 0 Å². The second-order valence-electron chi connectivity index (χ2n) is 4.59. The van der Waals surface area contributed by atoms with Crippen LogP contribution in [-0.2, 0) is 4.79 Å². The molecular weight excluding hydrogens is 332 g/mol. The van der Waals surface area contributed by atoms with Crippen molar-refractivity contribution < 1.29 is 9.53 Å². The molecule has 110 valence electrons. The molecule has 0 saturated carbocycles. The van der Waals surface area contributed by atoms with Crippen LogP contribution in [0.25, 0.3) is 0 Å². The van der Waals surface area contributed by atoms with Crippen LogP contribution in [0.4, 0.5) is 11.4 Å². The normalized spacial score (nSPS) is 10.0. The molecule has 0 fully saturated rings. The monoisotopic (exact) mass is 348 g/mol. The van der Waals surface area contributed by atoms with E-state index >= 15 is 0 Å². The summed E-state index contributed by atoms with van der Waals surface area (Å²) in [7, 11) is 1.61. The predicted molar refractivity (Wildman–Crippen MR) is 89.0 cm³/mol. The number of rotatable bonds is 5. The summed E-state index contributed by atoms with van der Waals surface area (Å²) in [6.45, 7) is 2.21. The number of hydrogen-bond donors (Lipinski definition) is 2. The third-order valence-electron chi connectivity index (χ3n) is 3.01. The second kappa shape index (κ2) is 7.13. The Labute approximate surface area is 132 Å². The van der Waals surface area contributed by atoms with Crippen molar-refractivity contribution in [1.82, 2.24) is 0 Å². The standard InChI is InChI=1S/C16H17BrN2O2/c1-11-3-4-12(17)9-15(11)18-10-16(20)19-13-5-7-14(21-2)8-6-13/h3-9,18H,10H2,1-2H3,(H,19,20). The average molecular weight is 349 g/mol. The van der Waals surface area contributed by atoms with Crippen molar-refractivity contribution in [2.45, 2.75) is 6.92 Å². The van der Waals surface area contributed by atoms with E-state index in [0.717, 1.165) is 27.2 Å². The summed E-state index contributed by atoms with van der Waals surface area (Å²) < 4.78 is 6.05. The van der Waals surface area contributed by atoms with E-state index in [2.05, 4.69) is 26.6 Å². The summed E-state index contributed by atoms with van der Waals surface area (Å²) in [6.07, 6.45) is 0. The predicted octanol–water partition coefficient (Wildman–Crippen LogP) is 3.82. The Bertz CT molecular complexity index is 627. The molecule has 0 atom stereocenters. The SMILES string of the molecule is COc1ccc(NC(=O)CNc2cc(Br)ccc2C)cc1. The van der Waals surface area contributed by atoms with Crippen LogP contribution >= 0.6 is 15.9 Å². The average Bonchev–Trinajstić information content (AvgIpc) is 2.49. The first-order valence-corrected chi connectivity index (χ1v) is 7.31. The lowest BCUT2D eigenvalue weighted by Gasteiger charge is -2.10. The van der Waals surface area contributed by atoms with Crippen LogP contribution in [0.2, 0.25) is 0 Å². The van der Waals surface area contributed by atoms with Gasteiger partial charge >= 0.3 is 0 Å². The highest BCUT2D eigenvalue weighted by molar-refractivity contribution is 9.10. The van der Waals surface area contributed by atoms with Gasteiger partial charge in [-0.2, -0.15) is 0 Å². The Morgan fingerprint density at radius 3 is 2.57 bits per heavy atom. The number of nitrogens with one attached hydrogen (secondary N) is 2. The third-order valence-corrected chi connectivity index (χ3v) is 3.51. The minimum atomic E-state index is -0.0976. The van der Waals surface area contributed by atoms with Gasteiger partial charge in [0.05, 0.1) is 13.7 Å². The van der Waals surface area contributed by atoms with Crippen molar-refractivity contribution in [3.8, 4) is 5.75 Å². The van der Waals surface area contributed by atoms with Gasteiger partial charge in [0.2, 0.25) is 5.91 Å². The molecule has 2 N–H and O–H groups in total. The summed E-state index contributed by atoms with van der Waals surface area (Å²) in [4.78, 5) is 11.9. The Kier molecular flexibility index (Phi) is 5.22. The Morgan fingerprint density at radius 2 is 1.90 bits per heavy atom. The molecule has 2 rings (SSSR count). The number of amides is 1. The van der Waals surface area contributed by atoms with E-state index in [1.807, 2.05) is 37.3 Å². The van der Waals surface area contributed by atoms with Crippen LogP contribution in [-0.4, -0.2) is 19.6 Å². The molecule has 0 bridgehead atoms. The number of ether oxygens (including phenoxy) is 1. The highest BCUT2D eigenvalue weighted by atomic mass is 79.9. The number of carbonyl (C=O) groups excluding carboxylic acids is 1. The van der Waals surface area contributed by atoms with Crippen molar-refractivity contribution >= 4 is 33.2 Å². The number of aryl methyl sites for hydroxylation is 1. The maximum atomic E-state index is 11.9. The van der Waals surface area contributed by atoms with Gasteiger partial charge in [-0.15, -0.1) is 0 Å². The van der Waals surface area contributed by atoms with Gasteiger partial charge in [0, 0.05) is 15.8 Å². The molecule has 21 heavy (non-hydrogen) atoms. The van der Waals surface area contributed by atoms with E-state index < -0.39 is 0 Å². The van der Waals surface area contributed by atoms with Crippen molar-refractivity contribution in [1.29, 1.82) is 0 Å². The van der Waals surface area contributed by atoms with E-state index in [4.69, 9.17) is 4.74 Å². The molecule has 5 heteroatoms. The fourth-order valence-electron chi connectivity index (χ4n) is 1.84. The summed E-state index contributed by atoms with van der Waals surface area (Å²) in [5.74, 6) is 0.662. The Balaban J connectivity index is 1.91. The molecule has 0 aliphatic heterocycles. The summed E-state index contributed by atoms with van der Waals surface area (Å²) in [6, 6.07) is 13.1. The molecule has 0 aliphatic rings. The molecule has 0 heterocycles. The van der Waals surface area contributed by atoms with Crippen LogP contribution in [0.1, 0.15) is 5.56 Å². The number of halogens is 1. The zero-order chi connectivity index (χ0) is 15.2. The van der Waals surface area contributed by atoms with E-state index in [1.54, 1.807) is 19.2 Å². The fourth-order valence-corrected chi connectivity index (χ4v) is 2.20. The molecule has 2 aromatic rings. The highest BCUT2D eigenvalue weighted by Gasteiger charge is 2.04. The van der Waals surface area contributed by atoms with Gasteiger partial charge in [-0.05, 0) is 48.9 Å². The van der Waals surface area contributed by atoms with Gasteiger partial charge in [-0.1, -0.05) is 22.0 Å². The van der Waals surface area contributed by atoms with Gasteiger partial charge in [-0.25, -0.2) is 0 Å². The quantitative estimate of drug-likeness (QED) is 0.863. The lowest BCUT2D eigenvalue weighted by Crippen LogP contribution is -2.22. The van der Waals surface area contributed by atoms with Gasteiger partial charge in [-0.3, -0.25) is 4.79 Å². The Morgan fingerprint density at radius 1 is 1.19 bits per heavy atom. The van der Waals surface area contributed by atoms with E-state index in [-0.39, 0.29) is 12.5 Å². The minimum Gasteiger partial charge on any atom is -0.497 e. The fraction of sp³-hybridized carbons (Fsp3) is 0.188. The summed E-state index contributed by atoms with van der Waals surface area (Å²) >= 11 is 3.42. The van der Waals surface area contributed by atoms with Crippen LogP contribution < -0.4 is 15.4 Å². The van der Waals surface area contributed by atoms with Gasteiger partial charge in [0.1, 0.15) is 5.75 Å². The van der Waals surface area contributed by atoms with Crippen LogP contribution in [0.15, 0.2) is 46.9 Å². The topological polar surface area (TPSA) is 50.4 Å². The molecule has 0 aromatic heterocycles. The molecule has 2 aromatic carbocycles. The van der Waals surface area contributed by atoms with Crippen LogP contribution in [0.3, 0.4) is 0 Å². The summed E-state index contributed by atoms with van der Waals surface area (Å²) in [5.41, 5.74) is 2.78. The van der Waals surface area contributed by atoms with E-state index in [0.29, 0.717) is 0 Å². The lowest BCUT2D eigenvalue weighted by molar-refractivity contribution is -0.114. The van der Waals surface area contributed by atoms with Crippen molar-refractivity contribution in [3.63, 3.8) is 0 Å². The molecule has 4 nitrogen and oxygen atoms in total. The molecule has 1 amide bonds. The van der Waals surface area contributed by atoms with Gasteiger partial charge in [0.25, 0.3) is 0 Å². The minimum absolute atomic E-state index is 0.0976. The van der Waals surface area contributed by atoms with Crippen molar-refractivity contribution in [3.05, 3.63) is 52.5 Å². The number of benzene rings is 2. The van der Waals surface area contributed by atoms with E-state index in [9.17, 15) is 4.79 Å². The highest BCUT2D eigenvalue weighted by Crippen LogP contribution is 2.20. The van der Waals surface area contributed by atoms with Crippen molar-refractivity contribution in [2.75, 3.05) is 24.3 Å². The van der Waals surface area contributed by atoms with Gasteiger partial charge < -0.3 is 15.4 Å². The molecule has 0 spiro atoms. The third kappa shape index (κ3) is 4.49. The molecular formula is C16H17BrN2O2. The molecule has 0 aliphatic carbocycles. The second-order valence-corrected chi connectivity index (χ2v) is 5.51. The number of carbonyl (C=O) groups is 1. The van der Waals surface area contributed by atoms with Crippen LogP contribution in [0, 0.1) is 6.92 Å². The first kappa shape index (κ1) is 15.4. The maximum absolute atomic E-state index is 11.9. The molecule has 0 radical (unpaired) electrons.